The van der Waals surface area contributed by atoms with Crippen molar-refractivity contribution in [1.82, 2.24) is 4.98 Å². The van der Waals surface area contributed by atoms with Crippen LogP contribution in [0.3, 0.4) is 0 Å². The van der Waals surface area contributed by atoms with Gasteiger partial charge < -0.3 is 5.11 Å². The minimum atomic E-state index is 0.159. The van der Waals surface area contributed by atoms with Crippen LogP contribution in [0.15, 0.2) is 0 Å². The molecule has 0 bridgehead atoms. The Morgan fingerprint density at radius 1 is 1.16 bits per heavy atom. The third kappa shape index (κ3) is 2.96. The van der Waals surface area contributed by atoms with E-state index in [2.05, 4.69) is 13.0 Å². The minimum absolute atomic E-state index is 0.159. The molecule has 1 aliphatic carbocycles. The van der Waals surface area contributed by atoms with E-state index in [1.54, 1.807) is 0 Å². The van der Waals surface area contributed by atoms with Crippen molar-refractivity contribution in [3.05, 3.63) is 28.1 Å². The Morgan fingerprint density at radius 2 is 1.89 bits per heavy atom. The van der Waals surface area contributed by atoms with Gasteiger partial charge in [0.1, 0.15) is 6.07 Å². The summed E-state index contributed by atoms with van der Waals surface area (Å²) >= 11 is 0. The minimum Gasteiger partial charge on any atom is -0.396 e. The van der Waals surface area contributed by atoms with Gasteiger partial charge in [-0.25, -0.2) is 0 Å². The Balaban J connectivity index is 2.48. The second kappa shape index (κ2) is 6.68. The number of pyridine rings is 1. The number of aromatic nitrogens is 1. The molecule has 102 valence electrons. The van der Waals surface area contributed by atoms with Crippen LogP contribution in [-0.4, -0.2) is 16.7 Å². The number of fused-ring (bicyclic) bond motifs is 1. The van der Waals surface area contributed by atoms with Crippen LogP contribution < -0.4 is 0 Å². The van der Waals surface area contributed by atoms with Gasteiger partial charge in [0.2, 0.25) is 0 Å². The highest BCUT2D eigenvalue weighted by Gasteiger charge is 2.21. The van der Waals surface area contributed by atoms with Gasteiger partial charge in [0.15, 0.2) is 0 Å². The first kappa shape index (κ1) is 14.0. The van der Waals surface area contributed by atoms with E-state index in [0.29, 0.717) is 12.8 Å². The summed E-state index contributed by atoms with van der Waals surface area (Å²) in [6.45, 7) is 2.33. The molecular weight excluding hydrogens is 236 g/mol. The molecule has 1 aromatic rings. The zero-order valence-corrected chi connectivity index (χ0v) is 11.7. The lowest BCUT2D eigenvalue weighted by Crippen LogP contribution is -2.14. The van der Waals surface area contributed by atoms with E-state index in [9.17, 15) is 5.26 Å². The molecule has 1 aliphatic rings. The Morgan fingerprint density at radius 3 is 2.53 bits per heavy atom. The van der Waals surface area contributed by atoms with Crippen LogP contribution in [0.5, 0.6) is 0 Å². The Kier molecular flexibility index (Phi) is 4.93. The van der Waals surface area contributed by atoms with E-state index < -0.39 is 0 Å². The smallest absolute Gasteiger partial charge is 0.101 e. The lowest BCUT2D eigenvalue weighted by molar-refractivity contribution is 0.288. The molecule has 1 aromatic heterocycles. The lowest BCUT2D eigenvalue weighted by atomic mass is 9.85. The summed E-state index contributed by atoms with van der Waals surface area (Å²) in [5.74, 6) is 0. The van der Waals surface area contributed by atoms with Gasteiger partial charge in [-0.05, 0) is 56.1 Å². The monoisotopic (exact) mass is 258 g/mol. The molecule has 1 N–H and O–H groups in total. The second-order valence-electron chi connectivity index (χ2n) is 5.23. The van der Waals surface area contributed by atoms with E-state index in [1.165, 1.54) is 29.7 Å². The highest BCUT2D eigenvalue weighted by molar-refractivity contribution is 5.49. The fourth-order valence-electron chi connectivity index (χ4n) is 2.96. The van der Waals surface area contributed by atoms with Crippen LogP contribution >= 0.6 is 0 Å². The fourth-order valence-corrected chi connectivity index (χ4v) is 2.96. The highest BCUT2D eigenvalue weighted by atomic mass is 16.2. The molecule has 0 radical (unpaired) electrons. The Bertz CT molecular complexity index is 489. The number of aryl methyl sites for hydroxylation is 2. The summed E-state index contributed by atoms with van der Waals surface area (Å²) in [5, 5.41) is 18.4. The van der Waals surface area contributed by atoms with Crippen LogP contribution in [0.1, 0.15) is 60.7 Å². The maximum Gasteiger partial charge on any atom is 0.101 e. The molecule has 3 nitrogen and oxygen atoms in total. The molecule has 0 unspecified atom stereocenters. The number of aliphatic hydroxyl groups is 1. The van der Waals surface area contributed by atoms with E-state index >= 15 is 0 Å². The van der Waals surface area contributed by atoms with Crippen LogP contribution in [0, 0.1) is 11.3 Å². The van der Waals surface area contributed by atoms with Crippen LogP contribution in [0.4, 0.5) is 0 Å². The summed E-state index contributed by atoms with van der Waals surface area (Å²) in [6.07, 6.45) is 7.97. The summed E-state index contributed by atoms with van der Waals surface area (Å²) in [4.78, 5) is 4.75. The average molecular weight is 258 g/mol. The Labute approximate surface area is 115 Å². The number of hydrogen-bond donors (Lipinski definition) is 1. The SMILES string of the molecule is CCCc1nc(CCCO)c(C#N)c2c1CCCC2. The van der Waals surface area contributed by atoms with E-state index in [0.717, 1.165) is 36.9 Å². The van der Waals surface area contributed by atoms with Crippen molar-refractivity contribution in [3.63, 3.8) is 0 Å². The maximum absolute atomic E-state index is 9.44. The average Bonchev–Trinajstić information content (AvgIpc) is 2.45. The van der Waals surface area contributed by atoms with Crippen molar-refractivity contribution in [1.29, 1.82) is 5.26 Å². The van der Waals surface area contributed by atoms with Gasteiger partial charge in [-0.1, -0.05) is 13.3 Å². The molecule has 0 spiro atoms. The molecule has 0 fully saturated rings. The van der Waals surface area contributed by atoms with E-state index in [4.69, 9.17) is 10.1 Å². The first-order valence-corrected chi connectivity index (χ1v) is 7.36. The fraction of sp³-hybridized carbons (Fsp3) is 0.625. The van der Waals surface area contributed by atoms with Crippen molar-refractivity contribution in [2.75, 3.05) is 6.61 Å². The number of nitrogens with zero attached hydrogens (tertiary/aromatic N) is 2. The van der Waals surface area contributed by atoms with Gasteiger partial charge in [-0.3, -0.25) is 4.98 Å². The molecule has 0 atom stereocenters. The van der Waals surface area contributed by atoms with Gasteiger partial charge in [-0.15, -0.1) is 0 Å². The first-order chi connectivity index (χ1) is 9.31. The summed E-state index contributed by atoms with van der Waals surface area (Å²) in [7, 11) is 0. The molecule has 3 heteroatoms. The van der Waals surface area contributed by atoms with Crippen LogP contribution in [0.25, 0.3) is 0 Å². The predicted octanol–water partition coefficient (Wildman–Crippen LogP) is 2.71. The third-order valence-electron chi connectivity index (χ3n) is 3.85. The van der Waals surface area contributed by atoms with Gasteiger partial charge in [0, 0.05) is 12.3 Å². The summed E-state index contributed by atoms with van der Waals surface area (Å²) < 4.78 is 0. The number of nitriles is 1. The van der Waals surface area contributed by atoms with Gasteiger partial charge in [-0.2, -0.15) is 5.26 Å². The molecule has 0 amide bonds. The van der Waals surface area contributed by atoms with Gasteiger partial charge in [0.25, 0.3) is 0 Å². The largest absolute Gasteiger partial charge is 0.396 e. The topological polar surface area (TPSA) is 56.9 Å². The molecule has 0 saturated carbocycles. The Hall–Kier alpha value is -1.40. The quantitative estimate of drug-likeness (QED) is 0.883. The highest BCUT2D eigenvalue weighted by Crippen LogP contribution is 2.29. The third-order valence-corrected chi connectivity index (χ3v) is 3.85. The second-order valence-corrected chi connectivity index (χ2v) is 5.23. The molecule has 0 saturated heterocycles. The zero-order valence-electron chi connectivity index (χ0n) is 11.7. The van der Waals surface area contributed by atoms with Crippen molar-refractivity contribution >= 4 is 0 Å². The zero-order chi connectivity index (χ0) is 13.7. The maximum atomic E-state index is 9.44. The number of aliphatic hydroxyl groups excluding tert-OH is 1. The van der Waals surface area contributed by atoms with Crippen molar-refractivity contribution in [3.8, 4) is 6.07 Å². The summed E-state index contributed by atoms with van der Waals surface area (Å²) in [5.41, 5.74) is 5.49. The van der Waals surface area contributed by atoms with Crippen LogP contribution in [0.2, 0.25) is 0 Å². The molecular formula is C16H22N2O. The number of rotatable bonds is 5. The normalized spacial score (nSPS) is 13.9. The molecule has 19 heavy (non-hydrogen) atoms. The van der Waals surface area contributed by atoms with E-state index in [1.807, 2.05) is 0 Å². The number of hydrogen-bond acceptors (Lipinski definition) is 3. The summed E-state index contributed by atoms with van der Waals surface area (Å²) in [6, 6.07) is 2.36. The van der Waals surface area contributed by atoms with Crippen molar-refractivity contribution < 1.29 is 5.11 Å². The molecule has 0 aromatic carbocycles. The lowest BCUT2D eigenvalue weighted by Gasteiger charge is -2.22. The standard InChI is InChI=1S/C16H22N2O/c1-2-6-15-13-8-4-3-7-12(13)14(11-17)16(18-15)9-5-10-19/h19H,2-10H2,1H3. The molecule has 1 heterocycles. The van der Waals surface area contributed by atoms with Gasteiger partial charge in [0.05, 0.1) is 11.3 Å². The van der Waals surface area contributed by atoms with E-state index in [-0.39, 0.29) is 6.61 Å². The van der Waals surface area contributed by atoms with Crippen molar-refractivity contribution in [2.45, 2.75) is 58.3 Å². The van der Waals surface area contributed by atoms with Gasteiger partial charge >= 0.3 is 0 Å². The molecule has 0 aliphatic heterocycles. The van der Waals surface area contributed by atoms with Crippen molar-refractivity contribution in [2.24, 2.45) is 0 Å². The molecule has 2 rings (SSSR count). The first-order valence-electron chi connectivity index (χ1n) is 7.36. The van der Waals surface area contributed by atoms with Crippen LogP contribution in [-0.2, 0) is 25.7 Å². The predicted molar refractivity (Wildman–Crippen MR) is 75.0 cm³/mol.